The van der Waals surface area contributed by atoms with Crippen molar-refractivity contribution in [2.75, 3.05) is 0 Å². The van der Waals surface area contributed by atoms with Crippen LogP contribution >= 0.6 is 0 Å². The molecule has 1 aromatic heterocycles. The summed E-state index contributed by atoms with van der Waals surface area (Å²) in [5.74, 6) is 0.637. The van der Waals surface area contributed by atoms with Crippen LogP contribution in [0.4, 0.5) is 0 Å². The summed E-state index contributed by atoms with van der Waals surface area (Å²) in [5, 5.41) is 12.8. The van der Waals surface area contributed by atoms with Crippen molar-refractivity contribution in [1.29, 1.82) is 0 Å². The molecule has 2 aromatic rings. The van der Waals surface area contributed by atoms with Crippen LogP contribution in [0.15, 0.2) is 27.6 Å². The van der Waals surface area contributed by atoms with Gasteiger partial charge < -0.3 is 9.63 Å². The molecule has 0 atom stereocenters. The van der Waals surface area contributed by atoms with E-state index < -0.39 is 10.0 Å². The molecule has 0 bridgehead atoms. The van der Waals surface area contributed by atoms with E-state index in [4.69, 9.17) is 4.52 Å². The van der Waals surface area contributed by atoms with Gasteiger partial charge in [-0.05, 0) is 30.2 Å². The van der Waals surface area contributed by atoms with Gasteiger partial charge in [-0.25, -0.2) is 13.1 Å². The predicted octanol–water partition coefficient (Wildman–Crippen LogP) is 0.657. The first-order valence-electron chi connectivity index (χ1n) is 5.91. The van der Waals surface area contributed by atoms with Crippen molar-refractivity contribution in [3.8, 4) is 0 Å². The highest BCUT2D eigenvalue weighted by molar-refractivity contribution is 7.89. The van der Waals surface area contributed by atoms with E-state index in [-0.39, 0.29) is 23.9 Å². The van der Waals surface area contributed by atoms with Gasteiger partial charge in [0.05, 0.1) is 18.0 Å². The molecule has 0 amide bonds. The Balaban J connectivity index is 2.17. The normalized spacial score (nSPS) is 11.8. The Bertz CT molecular complexity index is 709. The average Bonchev–Trinajstić information content (AvgIpc) is 2.83. The fourth-order valence-electron chi connectivity index (χ4n) is 1.64. The molecule has 0 fully saturated rings. The van der Waals surface area contributed by atoms with E-state index in [0.29, 0.717) is 11.5 Å². The number of hydrogen-bond donors (Lipinski definition) is 2. The van der Waals surface area contributed by atoms with Crippen LogP contribution < -0.4 is 4.72 Å². The molecule has 1 heterocycles. The summed E-state index contributed by atoms with van der Waals surface area (Å²) in [6, 6.07) is 4.58. The quantitative estimate of drug-likeness (QED) is 0.839. The van der Waals surface area contributed by atoms with E-state index in [2.05, 4.69) is 14.9 Å². The van der Waals surface area contributed by atoms with Gasteiger partial charge in [0, 0.05) is 6.92 Å². The van der Waals surface area contributed by atoms with Gasteiger partial charge in [-0.1, -0.05) is 11.2 Å². The molecule has 108 valence electrons. The first kappa shape index (κ1) is 14.6. The lowest BCUT2D eigenvalue weighted by Gasteiger charge is -2.08. The number of sulfonamides is 1. The molecule has 7 nitrogen and oxygen atoms in total. The molecule has 0 radical (unpaired) electrons. The number of nitrogens with zero attached hydrogens (tertiary/aromatic N) is 2. The first-order chi connectivity index (χ1) is 9.42. The smallest absolute Gasteiger partial charge is 0.240 e. The molecule has 20 heavy (non-hydrogen) atoms. The van der Waals surface area contributed by atoms with Gasteiger partial charge in [0.2, 0.25) is 15.9 Å². The number of aliphatic hydroxyl groups is 1. The zero-order valence-electron chi connectivity index (χ0n) is 11.1. The molecular formula is C12H15N3O4S. The van der Waals surface area contributed by atoms with E-state index in [9.17, 15) is 13.5 Å². The minimum absolute atomic E-state index is 0.0536. The Kier molecular flexibility index (Phi) is 4.17. The minimum Gasteiger partial charge on any atom is -0.392 e. The van der Waals surface area contributed by atoms with Crippen LogP contribution in [0, 0.1) is 13.8 Å². The van der Waals surface area contributed by atoms with Crippen LogP contribution in [0.3, 0.4) is 0 Å². The van der Waals surface area contributed by atoms with Gasteiger partial charge in [0.25, 0.3) is 0 Å². The molecule has 1 aromatic carbocycles. The zero-order valence-corrected chi connectivity index (χ0v) is 11.9. The number of aliphatic hydroxyl groups excluding tert-OH is 1. The van der Waals surface area contributed by atoms with Crippen molar-refractivity contribution in [3.63, 3.8) is 0 Å². The van der Waals surface area contributed by atoms with Crippen LogP contribution in [0.5, 0.6) is 0 Å². The molecule has 0 aliphatic heterocycles. The van der Waals surface area contributed by atoms with Crippen LogP contribution in [0.1, 0.15) is 22.8 Å². The summed E-state index contributed by atoms with van der Waals surface area (Å²) in [6.45, 7) is 3.16. The van der Waals surface area contributed by atoms with Crippen LogP contribution in [-0.4, -0.2) is 23.7 Å². The number of benzene rings is 1. The summed E-state index contributed by atoms with van der Waals surface area (Å²) in [7, 11) is -3.68. The second-order valence-electron chi connectivity index (χ2n) is 4.30. The highest BCUT2D eigenvalue weighted by atomic mass is 32.2. The fourth-order valence-corrected chi connectivity index (χ4v) is 2.67. The van der Waals surface area contributed by atoms with Gasteiger partial charge in [0.15, 0.2) is 5.82 Å². The maximum absolute atomic E-state index is 12.1. The maximum Gasteiger partial charge on any atom is 0.240 e. The summed E-state index contributed by atoms with van der Waals surface area (Å²) in [4.78, 5) is 4.00. The summed E-state index contributed by atoms with van der Waals surface area (Å²) in [6.07, 6.45) is 0. The third kappa shape index (κ3) is 3.21. The number of nitrogens with one attached hydrogen (secondary N) is 1. The van der Waals surface area contributed by atoms with Crippen molar-refractivity contribution in [3.05, 3.63) is 41.0 Å². The van der Waals surface area contributed by atoms with Gasteiger partial charge in [-0.2, -0.15) is 4.98 Å². The van der Waals surface area contributed by atoms with E-state index in [1.165, 1.54) is 12.1 Å². The molecule has 2 N–H and O–H groups in total. The first-order valence-corrected chi connectivity index (χ1v) is 7.40. The average molecular weight is 297 g/mol. The summed E-state index contributed by atoms with van der Waals surface area (Å²) >= 11 is 0. The Morgan fingerprint density at radius 2 is 2.10 bits per heavy atom. The van der Waals surface area contributed by atoms with E-state index in [1.54, 1.807) is 19.9 Å². The minimum atomic E-state index is -3.68. The lowest BCUT2D eigenvalue weighted by molar-refractivity contribution is 0.280. The van der Waals surface area contributed by atoms with Crippen LogP contribution in [0.25, 0.3) is 0 Å². The van der Waals surface area contributed by atoms with Crippen LogP contribution in [-0.2, 0) is 23.2 Å². The molecule has 0 spiro atoms. The van der Waals surface area contributed by atoms with Crippen molar-refractivity contribution in [1.82, 2.24) is 14.9 Å². The highest BCUT2D eigenvalue weighted by Gasteiger charge is 2.16. The second kappa shape index (κ2) is 5.70. The Hall–Kier alpha value is -1.77. The van der Waals surface area contributed by atoms with E-state index >= 15 is 0 Å². The third-order valence-electron chi connectivity index (χ3n) is 2.79. The standard InChI is InChI=1S/C12H15N3O4S/c1-8-3-4-11(5-10(8)7-16)20(17,18)13-6-12-14-9(2)19-15-12/h3-5,13,16H,6-7H2,1-2H3. The Labute approximate surface area is 116 Å². The van der Waals surface area contributed by atoms with E-state index in [1.807, 2.05) is 0 Å². The second-order valence-corrected chi connectivity index (χ2v) is 6.07. The largest absolute Gasteiger partial charge is 0.392 e. The molecule has 8 heteroatoms. The monoisotopic (exact) mass is 297 g/mol. The van der Waals surface area contributed by atoms with Gasteiger partial charge in [-0.15, -0.1) is 0 Å². The predicted molar refractivity (Wildman–Crippen MR) is 70.2 cm³/mol. The van der Waals surface area contributed by atoms with E-state index in [0.717, 1.165) is 5.56 Å². The van der Waals surface area contributed by atoms with Crippen LogP contribution in [0.2, 0.25) is 0 Å². The Morgan fingerprint density at radius 3 is 2.70 bits per heavy atom. The maximum atomic E-state index is 12.1. The van der Waals surface area contributed by atoms with Crippen molar-refractivity contribution >= 4 is 10.0 Å². The number of aromatic nitrogens is 2. The molecule has 0 unspecified atom stereocenters. The fraction of sp³-hybridized carbons (Fsp3) is 0.333. The highest BCUT2D eigenvalue weighted by Crippen LogP contribution is 2.15. The molecule has 0 aliphatic carbocycles. The van der Waals surface area contributed by atoms with Gasteiger partial charge >= 0.3 is 0 Å². The number of hydrogen-bond acceptors (Lipinski definition) is 6. The zero-order chi connectivity index (χ0) is 14.8. The molecule has 2 rings (SSSR count). The lowest BCUT2D eigenvalue weighted by Crippen LogP contribution is -2.24. The molecular weight excluding hydrogens is 282 g/mol. The van der Waals surface area contributed by atoms with Crippen molar-refractivity contribution in [2.24, 2.45) is 0 Å². The topological polar surface area (TPSA) is 105 Å². The Morgan fingerprint density at radius 1 is 1.35 bits per heavy atom. The number of rotatable bonds is 5. The third-order valence-corrected chi connectivity index (χ3v) is 4.19. The molecule has 0 aliphatic rings. The molecule has 0 saturated carbocycles. The lowest BCUT2D eigenvalue weighted by atomic mass is 10.1. The van der Waals surface area contributed by atoms with Crippen molar-refractivity contribution in [2.45, 2.75) is 31.9 Å². The number of aryl methyl sites for hydroxylation is 2. The molecule has 0 saturated heterocycles. The van der Waals surface area contributed by atoms with Gasteiger partial charge in [0.1, 0.15) is 0 Å². The van der Waals surface area contributed by atoms with Crippen molar-refractivity contribution < 1.29 is 18.0 Å². The van der Waals surface area contributed by atoms with Gasteiger partial charge in [-0.3, -0.25) is 0 Å². The summed E-state index contributed by atoms with van der Waals surface area (Å²) < 4.78 is 31.4. The summed E-state index contributed by atoms with van der Waals surface area (Å²) in [5.41, 5.74) is 1.41. The SMILES string of the molecule is Cc1nc(CNS(=O)(=O)c2ccc(C)c(CO)c2)no1.